The molecule has 1 atom stereocenters. The quantitative estimate of drug-likeness (QED) is 0.864. The van der Waals surface area contributed by atoms with E-state index >= 15 is 0 Å². The van der Waals surface area contributed by atoms with Crippen LogP contribution in [-0.4, -0.2) is 25.3 Å². The molecule has 126 valence electrons. The van der Waals surface area contributed by atoms with Gasteiger partial charge in [0.25, 0.3) is 0 Å². The van der Waals surface area contributed by atoms with Crippen LogP contribution in [-0.2, 0) is 10.2 Å². The first kappa shape index (κ1) is 16.3. The fraction of sp³-hybridized carbons (Fsp3) is 0.632. The minimum atomic E-state index is -0.0934. The van der Waals surface area contributed by atoms with Crippen molar-refractivity contribution in [3.05, 3.63) is 29.8 Å². The minimum absolute atomic E-state index is 0.0934. The third-order valence-electron chi connectivity index (χ3n) is 5.47. The molecule has 1 aromatic carbocycles. The predicted molar refractivity (Wildman–Crippen MR) is 92.8 cm³/mol. The van der Waals surface area contributed by atoms with Crippen LogP contribution in [0.5, 0.6) is 0 Å². The summed E-state index contributed by atoms with van der Waals surface area (Å²) in [5.41, 5.74) is 2.52. The molecule has 0 radical (unpaired) electrons. The first-order chi connectivity index (χ1) is 10.9. The molecular formula is C19H28N2O2. The summed E-state index contributed by atoms with van der Waals surface area (Å²) in [4.78, 5) is 12.3. The van der Waals surface area contributed by atoms with Crippen LogP contribution in [0.3, 0.4) is 0 Å². The summed E-state index contributed by atoms with van der Waals surface area (Å²) in [6.07, 6.45) is 4.43. The molecule has 1 aliphatic carbocycles. The van der Waals surface area contributed by atoms with E-state index in [1.165, 1.54) is 12.0 Å². The van der Waals surface area contributed by atoms with E-state index in [1.807, 2.05) is 12.1 Å². The van der Waals surface area contributed by atoms with Gasteiger partial charge in [0.05, 0.1) is 0 Å². The van der Waals surface area contributed by atoms with Gasteiger partial charge >= 0.3 is 6.03 Å². The molecule has 1 spiro atoms. The molecular weight excluding hydrogens is 288 g/mol. The van der Waals surface area contributed by atoms with Gasteiger partial charge in [-0.2, -0.15) is 0 Å². The number of benzene rings is 1. The van der Waals surface area contributed by atoms with Gasteiger partial charge in [-0.3, -0.25) is 0 Å². The van der Waals surface area contributed by atoms with E-state index < -0.39 is 0 Å². The molecule has 1 aromatic rings. The van der Waals surface area contributed by atoms with E-state index in [1.54, 1.807) is 0 Å². The molecule has 2 amide bonds. The number of carbonyl (C=O) groups is 1. The Labute approximate surface area is 139 Å². The average molecular weight is 316 g/mol. The predicted octanol–water partition coefficient (Wildman–Crippen LogP) is 4.06. The summed E-state index contributed by atoms with van der Waals surface area (Å²) >= 11 is 0. The molecule has 3 rings (SSSR count). The van der Waals surface area contributed by atoms with Crippen molar-refractivity contribution in [2.45, 2.75) is 57.9 Å². The highest BCUT2D eigenvalue weighted by Crippen LogP contribution is 2.48. The van der Waals surface area contributed by atoms with Crippen LogP contribution in [0.15, 0.2) is 24.3 Å². The maximum Gasteiger partial charge on any atom is 0.319 e. The van der Waals surface area contributed by atoms with Crippen LogP contribution in [0.25, 0.3) is 0 Å². The zero-order valence-corrected chi connectivity index (χ0v) is 14.4. The molecule has 1 heterocycles. The smallest absolute Gasteiger partial charge is 0.319 e. The second kappa shape index (κ2) is 6.16. The summed E-state index contributed by atoms with van der Waals surface area (Å²) in [5, 5.41) is 6.13. The Morgan fingerprint density at radius 1 is 1.13 bits per heavy atom. The monoisotopic (exact) mass is 316 g/mol. The highest BCUT2D eigenvalue weighted by molar-refractivity contribution is 5.89. The van der Waals surface area contributed by atoms with Crippen LogP contribution in [0.1, 0.15) is 52.0 Å². The number of nitrogens with one attached hydrogen (secondary N) is 2. The van der Waals surface area contributed by atoms with Crippen LogP contribution >= 0.6 is 0 Å². The molecule has 23 heavy (non-hydrogen) atoms. The normalized spacial score (nSPS) is 23.2. The average Bonchev–Trinajstić information content (AvgIpc) is 2.52. The Bertz CT molecular complexity index is 554. The van der Waals surface area contributed by atoms with Gasteiger partial charge in [0.1, 0.15) is 0 Å². The molecule has 4 nitrogen and oxygen atoms in total. The third kappa shape index (κ3) is 3.52. The first-order valence-corrected chi connectivity index (χ1v) is 8.65. The van der Waals surface area contributed by atoms with Gasteiger partial charge in [0.2, 0.25) is 0 Å². The summed E-state index contributed by atoms with van der Waals surface area (Å²) in [6, 6.07) is 8.32. The number of carbonyl (C=O) groups excluding carboxylic acids is 1. The largest absolute Gasteiger partial charge is 0.381 e. The van der Waals surface area contributed by atoms with Crippen LogP contribution in [0, 0.1) is 5.41 Å². The Hall–Kier alpha value is -1.55. The molecule has 2 N–H and O–H groups in total. The number of hydrogen-bond acceptors (Lipinski definition) is 2. The van der Waals surface area contributed by atoms with Crippen molar-refractivity contribution in [3.8, 4) is 0 Å². The number of urea groups is 1. The molecule has 1 unspecified atom stereocenters. The number of anilines is 1. The number of amides is 2. The lowest BCUT2D eigenvalue weighted by Gasteiger charge is -2.51. The topological polar surface area (TPSA) is 50.4 Å². The van der Waals surface area contributed by atoms with Crippen molar-refractivity contribution >= 4 is 11.7 Å². The van der Waals surface area contributed by atoms with Crippen molar-refractivity contribution in [3.63, 3.8) is 0 Å². The first-order valence-electron chi connectivity index (χ1n) is 8.65. The van der Waals surface area contributed by atoms with E-state index in [0.717, 1.165) is 38.2 Å². The van der Waals surface area contributed by atoms with Gasteiger partial charge in [0, 0.05) is 24.9 Å². The van der Waals surface area contributed by atoms with Gasteiger partial charge in [-0.15, -0.1) is 0 Å². The zero-order chi connectivity index (χ0) is 16.5. The van der Waals surface area contributed by atoms with Gasteiger partial charge in [-0.25, -0.2) is 4.79 Å². The van der Waals surface area contributed by atoms with Crippen LogP contribution in [0.2, 0.25) is 0 Å². The molecule has 0 bridgehead atoms. The molecule has 2 aliphatic rings. The van der Waals surface area contributed by atoms with E-state index in [0.29, 0.717) is 6.04 Å². The number of rotatable bonds is 2. The Morgan fingerprint density at radius 3 is 2.30 bits per heavy atom. The molecule has 1 aliphatic heterocycles. The lowest BCUT2D eigenvalue weighted by atomic mass is 9.60. The lowest BCUT2D eigenvalue weighted by Crippen LogP contribution is -2.57. The van der Waals surface area contributed by atoms with Gasteiger partial charge in [0.15, 0.2) is 0 Å². The molecule has 0 aromatic heterocycles. The van der Waals surface area contributed by atoms with E-state index in [4.69, 9.17) is 4.74 Å². The summed E-state index contributed by atoms with van der Waals surface area (Å²) < 4.78 is 5.46. The standard InChI is InChI=1S/C19H28N2O2/c1-18(2,3)14-4-6-15(7-5-14)20-17(22)21-16-8-9-19(16)10-12-23-13-11-19/h4-7,16H,8-13H2,1-3H3,(H2,20,21,22). The Balaban J connectivity index is 1.55. The van der Waals surface area contributed by atoms with E-state index in [2.05, 4.69) is 43.5 Å². The Kier molecular flexibility index (Phi) is 4.37. The van der Waals surface area contributed by atoms with E-state index in [9.17, 15) is 4.79 Å². The second-order valence-corrected chi connectivity index (χ2v) is 7.99. The van der Waals surface area contributed by atoms with Gasteiger partial charge < -0.3 is 15.4 Å². The van der Waals surface area contributed by atoms with Crippen molar-refractivity contribution < 1.29 is 9.53 Å². The molecule has 1 saturated heterocycles. The number of ether oxygens (including phenoxy) is 1. The molecule has 1 saturated carbocycles. The van der Waals surface area contributed by atoms with Crippen molar-refractivity contribution in [1.82, 2.24) is 5.32 Å². The maximum atomic E-state index is 12.3. The highest BCUT2D eigenvalue weighted by atomic mass is 16.5. The second-order valence-electron chi connectivity index (χ2n) is 7.99. The minimum Gasteiger partial charge on any atom is -0.381 e. The van der Waals surface area contributed by atoms with Crippen molar-refractivity contribution in [2.24, 2.45) is 5.41 Å². The lowest BCUT2D eigenvalue weighted by molar-refractivity contribution is -0.0507. The maximum absolute atomic E-state index is 12.3. The molecule has 2 fully saturated rings. The summed E-state index contributed by atoms with van der Waals surface area (Å²) in [7, 11) is 0. The summed E-state index contributed by atoms with van der Waals surface area (Å²) in [5.74, 6) is 0. The van der Waals surface area contributed by atoms with Crippen LogP contribution in [0.4, 0.5) is 10.5 Å². The van der Waals surface area contributed by atoms with Crippen molar-refractivity contribution in [1.29, 1.82) is 0 Å². The SMILES string of the molecule is CC(C)(C)c1ccc(NC(=O)NC2CCC23CCOCC3)cc1. The Morgan fingerprint density at radius 2 is 1.78 bits per heavy atom. The fourth-order valence-corrected chi connectivity index (χ4v) is 3.68. The van der Waals surface area contributed by atoms with Crippen molar-refractivity contribution in [2.75, 3.05) is 18.5 Å². The van der Waals surface area contributed by atoms with E-state index in [-0.39, 0.29) is 16.9 Å². The van der Waals surface area contributed by atoms with Gasteiger partial charge in [-0.05, 0) is 54.2 Å². The summed E-state index contributed by atoms with van der Waals surface area (Å²) in [6.45, 7) is 8.21. The third-order valence-corrected chi connectivity index (χ3v) is 5.47. The fourth-order valence-electron chi connectivity index (χ4n) is 3.68. The van der Waals surface area contributed by atoms with Crippen LogP contribution < -0.4 is 10.6 Å². The van der Waals surface area contributed by atoms with Gasteiger partial charge in [-0.1, -0.05) is 32.9 Å². The highest BCUT2D eigenvalue weighted by Gasteiger charge is 2.47. The molecule has 4 heteroatoms. The zero-order valence-electron chi connectivity index (χ0n) is 14.4. The number of hydrogen-bond donors (Lipinski definition) is 2.